The maximum atomic E-state index is 9.83. The highest BCUT2D eigenvalue weighted by atomic mass is 32.1. The van der Waals surface area contributed by atoms with Gasteiger partial charge in [-0.25, -0.2) is 0 Å². The number of hydrogen-bond acceptors (Lipinski definition) is 3. The summed E-state index contributed by atoms with van der Waals surface area (Å²) in [7, 11) is 0. The van der Waals surface area contributed by atoms with Crippen LogP contribution in [0.2, 0.25) is 0 Å². The first-order valence-electron chi connectivity index (χ1n) is 2.10. The molecule has 0 atom stereocenters. The van der Waals surface area contributed by atoms with Crippen molar-refractivity contribution < 1.29 is 9.90 Å². The van der Waals surface area contributed by atoms with Gasteiger partial charge in [-0.2, -0.15) is 0 Å². The Morgan fingerprint density at radius 3 is 2.38 bits per heavy atom. The van der Waals surface area contributed by atoms with E-state index >= 15 is 0 Å². The van der Waals surface area contributed by atoms with Crippen LogP contribution in [0.25, 0.3) is 0 Å². The van der Waals surface area contributed by atoms with Crippen LogP contribution in [0.5, 0.6) is 0 Å². The molecule has 0 aromatic carbocycles. The van der Waals surface area contributed by atoms with E-state index in [-0.39, 0.29) is 13.0 Å². The lowest BCUT2D eigenvalue weighted by molar-refractivity contribution is -0.135. The van der Waals surface area contributed by atoms with E-state index in [1.54, 1.807) is 0 Å². The number of nitrogens with two attached hydrogens (primary N) is 1. The van der Waals surface area contributed by atoms with Crippen LogP contribution in [-0.2, 0) is 4.79 Å². The minimum Gasteiger partial charge on any atom is -0.481 e. The summed E-state index contributed by atoms with van der Waals surface area (Å²) in [6.45, 7) is 0.182. The van der Waals surface area contributed by atoms with E-state index in [0.29, 0.717) is 4.86 Å². The smallest absolute Gasteiger partial charge is 0.308 e. The van der Waals surface area contributed by atoms with E-state index in [0.717, 1.165) is 0 Å². The van der Waals surface area contributed by atoms with Crippen molar-refractivity contribution in [1.82, 2.24) is 0 Å². The second-order valence-electron chi connectivity index (χ2n) is 1.31. The Labute approximate surface area is 52.5 Å². The van der Waals surface area contributed by atoms with Gasteiger partial charge >= 0.3 is 5.97 Å². The molecule has 0 bridgehead atoms. The van der Waals surface area contributed by atoms with Gasteiger partial charge in [0.05, 0.1) is 6.42 Å². The van der Waals surface area contributed by atoms with Gasteiger partial charge in [0.1, 0.15) is 0 Å². The molecule has 0 aliphatic heterocycles. The summed E-state index contributed by atoms with van der Waals surface area (Å²) < 4.78 is 0. The Kier molecular flexibility index (Phi) is 3.30. The normalized spacial score (nSPS) is 8.62. The van der Waals surface area contributed by atoms with E-state index in [1.165, 1.54) is 0 Å². The van der Waals surface area contributed by atoms with Crippen LogP contribution in [0.1, 0.15) is 6.42 Å². The molecule has 0 saturated carbocycles. The van der Waals surface area contributed by atoms with E-state index in [4.69, 9.17) is 10.8 Å². The Balaban J connectivity index is 3.40. The van der Waals surface area contributed by atoms with Crippen LogP contribution in [0, 0.1) is 0 Å². The predicted molar refractivity (Wildman–Crippen MR) is 33.9 cm³/mol. The molecule has 0 spiro atoms. The average molecular weight is 133 g/mol. The highest BCUT2D eigenvalue weighted by Crippen LogP contribution is 1.82. The summed E-state index contributed by atoms with van der Waals surface area (Å²) in [6, 6.07) is 0. The van der Waals surface area contributed by atoms with Crippen molar-refractivity contribution in [3.63, 3.8) is 0 Å². The topological polar surface area (TPSA) is 63.3 Å². The summed E-state index contributed by atoms with van der Waals surface area (Å²) in [4.78, 5) is 10.2. The minimum absolute atomic E-state index is 0.0914. The maximum Gasteiger partial charge on any atom is 0.308 e. The first kappa shape index (κ1) is 7.52. The Morgan fingerprint density at radius 1 is 1.75 bits per heavy atom. The van der Waals surface area contributed by atoms with Crippen LogP contribution in [-0.4, -0.2) is 22.5 Å². The number of aliphatic carboxylic acids is 1. The molecule has 0 saturated heterocycles. The second-order valence-corrected chi connectivity index (χ2v) is 1.89. The largest absolute Gasteiger partial charge is 0.481 e. The fraction of sp³-hybridized carbons (Fsp3) is 0.500. The van der Waals surface area contributed by atoms with Crippen LogP contribution in [0.15, 0.2) is 0 Å². The van der Waals surface area contributed by atoms with Crippen molar-refractivity contribution in [2.24, 2.45) is 5.73 Å². The van der Waals surface area contributed by atoms with Crippen LogP contribution < -0.4 is 5.73 Å². The Bertz CT molecular complexity index is 113. The Morgan fingerprint density at radius 2 is 2.25 bits per heavy atom. The molecule has 3 N–H and O–H groups in total. The summed E-state index contributed by atoms with van der Waals surface area (Å²) in [5.74, 6) is -0.916. The number of hydrogen-bond donors (Lipinski definition) is 2. The van der Waals surface area contributed by atoms with Crippen LogP contribution in [0.3, 0.4) is 0 Å². The van der Waals surface area contributed by atoms with Crippen LogP contribution >= 0.6 is 12.2 Å². The molecule has 0 rings (SSSR count). The standard InChI is InChI=1S/C4H7NO2S/c5-2-3(8)1-4(6)7/h1-2,5H2,(H,6,7). The van der Waals surface area contributed by atoms with Crippen molar-refractivity contribution in [1.29, 1.82) is 0 Å². The summed E-state index contributed by atoms with van der Waals surface area (Å²) in [5.41, 5.74) is 5.02. The fourth-order valence-electron chi connectivity index (χ4n) is 0.241. The lowest BCUT2D eigenvalue weighted by Crippen LogP contribution is -2.14. The molecule has 0 heterocycles. The molecule has 0 aromatic rings. The minimum atomic E-state index is -0.916. The van der Waals surface area contributed by atoms with Gasteiger partial charge in [-0.3, -0.25) is 4.79 Å². The third-order valence-corrected chi connectivity index (χ3v) is 0.887. The zero-order chi connectivity index (χ0) is 6.57. The van der Waals surface area contributed by atoms with Gasteiger partial charge in [0.25, 0.3) is 0 Å². The van der Waals surface area contributed by atoms with Crippen molar-refractivity contribution in [2.75, 3.05) is 6.54 Å². The summed E-state index contributed by atoms with van der Waals surface area (Å²) >= 11 is 4.53. The maximum absolute atomic E-state index is 9.83. The van der Waals surface area contributed by atoms with E-state index < -0.39 is 5.97 Å². The molecular formula is C4H7NO2S. The summed E-state index contributed by atoms with van der Waals surface area (Å²) in [6.07, 6.45) is -0.0914. The predicted octanol–water partition coefficient (Wildman–Crippen LogP) is -0.210. The molecule has 0 radical (unpaired) electrons. The van der Waals surface area contributed by atoms with Gasteiger partial charge in [-0.1, -0.05) is 12.2 Å². The number of thiocarbonyl (C=S) groups is 1. The molecule has 0 aliphatic carbocycles. The highest BCUT2D eigenvalue weighted by Gasteiger charge is 1.98. The van der Waals surface area contributed by atoms with Gasteiger partial charge in [0.2, 0.25) is 0 Å². The average Bonchev–Trinajstić information content (AvgIpc) is 1.65. The summed E-state index contributed by atoms with van der Waals surface area (Å²) in [5, 5.41) is 8.07. The zero-order valence-corrected chi connectivity index (χ0v) is 5.07. The van der Waals surface area contributed by atoms with Gasteiger partial charge in [0.15, 0.2) is 0 Å². The number of carboxylic acids is 1. The lowest BCUT2D eigenvalue weighted by atomic mass is 10.3. The second kappa shape index (κ2) is 3.51. The van der Waals surface area contributed by atoms with Crippen molar-refractivity contribution in [3.05, 3.63) is 0 Å². The third-order valence-electron chi connectivity index (χ3n) is 0.576. The number of carbonyl (C=O) groups is 1. The molecular weight excluding hydrogens is 126 g/mol. The van der Waals surface area contributed by atoms with Crippen molar-refractivity contribution >= 4 is 23.1 Å². The molecule has 3 nitrogen and oxygen atoms in total. The zero-order valence-electron chi connectivity index (χ0n) is 4.26. The van der Waals surface area contributed by atoms with E-state index in [9.17, 15) is 4.79 Å². The number of carboxylic acid groups (broad SMARTS) is 1. The van der Waals surface area contributed by atoms with Crippen LogP contribution in [0.4, 0.5) is 0 Å². The molecule has 46 valence electrons. The molecule has 0 fully saturated rings. The first-order chi connectivity index (χ1) is 3.66. The van der Waals surface area contributed by atoms with Gasteiger partial charge in [0, 0.05) is 11.4 Å². The molecule has 0 amide bonds. The van der Waals surface area contributed by atoms with Gasteiger partial charge in [-0.05, 0) is 0 Å². The van der Waals surface area contributed by atoms with Gasteiger partial charge in [-0.15, -0.1) is 0 Å². The lowest BCUT2D eigenvalue weighted by Gasteiger charge is -1.90. The third kappa shape index (κ3) is 3.70. The van der Waals surface area contributed by atoms with Gasteiger partial charge < -0.3 is 10.8 Å². The molecule has 0 aromatic heterocycles. The van der Waals surface area contributed by atoms with E-state index in [1.807, 2.05) is 0 Å². The molecule has 8 heavy (non-hydrogen) atoms. The first-order valence-corrected chi connectivity index (χ1v) is 2.51. The molecule has 0 unspecified atom stereocenters. The molecule has 0 aliphatic rings. The quantitative estimate of drug-likeness (QED) is 0.523. The monoisotopic (exact) mass is 133 g/mol. The highest BCUT2D eigenvalue weighted by molar-refractivity contribution is 7.80. The van der Waals surface area contributed by atoms with Crippen molar-refractivity contribution in [2.45, 2.75) is 6.42 Å². The Hall–Kier alpha value is -0.480. The SMILES string of the molecule is NCC(=S)CC(=O)O. The van der Waals surface area contributed by atoms with E-state index in [2.05, 4.69) is 12.2 Å². The van der Waals surface area contributed by atoms with Crippen molar-refractivity contribution in [3.8, 4) is 0 Å². The molecule has 4 heteroatoms. The number of rotatable bonds is 3. The fourth-order valence-corrected chi connectivity index (χ4v) is 0.364.